The Morgan fingerprint density at radius 1 is 1.26 bits per heavy atom. The van der Waals surface area contributed by atoms with Gasteiger partial charge in [-0.1, -0.05) is 0 Å². The molecule has 4 rings (SSSR count). The Balaban J connectivity index is 1.51. The number of ether oxygens (including phenoxy) is 1. The monoisotopic (exact) mass is 316 g/mol. The molecule has 1 aliphatic heterocycles. The van der Waals surface area contributed by atoms with Crippen molar-refractivity contribution in [1.29, 1.82) is 0 Å². The highest BCUT2D eigenvalue weighted by molar-refractivity contribution is 5.71. The summed E-state index contributed by atoms with van der Waals surface area (Å²) in [7, 11) is 1.42. The Kier molecular flexibility index (Phi) is 3.60. The largest absolute Gasteiger partial charge is 0.468 e. The molecule has 122 valence electrons. The van der Waals surface area contributed by atoms with Crippen LogP contribution in [-0.4, -0.2) is 70.3 Å². The third-order valence-corrected chi connectivity index (χ3v) is 4.53. The van der Waals surface area contributed by atoms with Crippen LogP contribution in [0.1, 0.15) is 24.6 Å². The molecule has 2 aromatic heterocycles. The van der Waals surface area contributed by atoms with E-state index in [0.29, 0.717) is 12.5 Å². The van der Waals surface area contributed by atoms with E-state index < -0.39 is 0 Å². The van der Waals surface area contributed by atoms with Crippen LogP contribution in [0.4, 0.5) is 5.82 Å². The van der Waals surface area contributed by atoms with Crippen molar-refractivity contribution in [1.82, 2.24) is 24.5 Å². The van der Waals surface area contributed by atoms with Gasteiger partial charge in [0.1, 0.15) is 5.82 Å². The van der Waals surface area contributed by atoms with E-state index in [4.69, 9.17) is 4.74 Å². The number of carbonyl (C=O) groups excluding carboxylic acids is 1. The lowest BCUT2D eigenvalue weighted by Crippen LogP contribution is -2.48. The van der Waals surface area contributed by atoms with Crippen LogP contribution in [0.25, 0.3) is 5.65 Å². The number of aromatic nitrogens is 4. The molecule has 0 radical (unpaired) electrons. The lowest BCUT2D eigenvalue weighted by atomic mass is 10.3. The molecule has 8 heteroatoms. The van der Waals surface area contributed by atoms with Crippen LogP contribution >= 0.6 is 0 Å². The highest BCUT2D eigenvalue weighted by Gasteiger charge is 2.30. The number of carbonyl (C=O) groups is 1. The molecular weight excluding hydrogens is 296 g/mol. The first-order valence-corrected chi connectivity index (χ1v) is 8.00. The molecule has 1 aliphatic carbocycles. The van der Waals surface area contributed by atoms with Crippen molar-refractivity contribution >= 4 is 17.4 Å². The van der Waals surface area contributed by atoms with Crippen molar-refractivity contribution < 1.29 is 9.53 Å². The molecule has 2 aromatic rings. The normalized spacial score (nSPS) is 19.3. The molecule has 0 aromatic carbocycles. The number of anilines is 1. The Morgan fingerprint density at radius 2 is 2.04 bits per heavy atom. The minimum Gasteiger partial charge on any atom is -0.468 e. The third kappa shape index (κ3) is 2.74. The molecule has 2 fully saturated rings. The van der Waals surface area contributed by atoms with E-state index in [0.717, 1.165) is 43.5 Å². The first-order chi connectivity index (χ1) is 11.3. The molecule has 0 bridgehead atoms. The lowest BCUT2D eigenvalue weighted by Gasteiger charge is -2.34. The highest BCUT2D eigenvalue weighted by Crippen LogP contribution is 2.39. The van der Waals surface area contributed by atoms with Gasteiger partial charge in [0.2, 0.25) is 5.65 Å². The summed E-state index contributed by atoms with van der Waals surface area (Å²) in [6.45, 7) is 3.59. The summed E-state index contributed by atoms with van der Waals surface area (Å²) in [4.78, 5) is 20.2. The van der Waals surface area contributed by atoms with Gasteiger partial charge in [-0.25, -0.2) is 4.98 Å². The minimum absolute atomic E-state index is 0.190. The van der Waals surface area contributed by atoms with Gasteiger partial charge < -0.3 is 9.64 Å². The average molecular weight is 316 g/mol. The fraction of sp³-hybridized carbons (Fsp3) is 0.600. The van der Waals surface area contributed by atoms with E-state index in [1.54, 1.807) is 0 Å². The van der Waals surface area contributed by atoms with Crippen LogP contribution < -0.4 is 4.90 Å². The van der Waals surface area contributed by atoms with E-state index in [2.05, 4.69) is 29.4 Å². The number of nitrogens with zero attached hydrogens (tertiary/aromatic N) is 6. The molecule has 0 N–H and O–H groups in total. The highest BCUT2D eigenvalue weighted by atomic mass is 16.5. The van der Waals surface area contributed by atoms with E-state index in [1.807, 2.05) is 12.4 Å². The molecular formula is C15H20N6O2. The third-order valence-electron chi connectivity index (χ3n) is 4.53. The molecule has 1 saturated carbocycles. The van der Waals surface area contributed by atoms with Gasteiger partial charge in [-0.05, 0) is 12.8 Å². The second-order valence-electron chi connectivity index (χ2n) is 6.12. The summed E-state index contributed by atoms with van der Waals surface area (Å²) in [6, 6.07) is 0. The van der Waals surface area contributed by atoms with Gasteiger partial charge in [0.15, 0.2) is 5.82 Å². The van der Waals surface area contributed by atoms with Crippen LogP contribution in [0.3, 0.4) is 0 Å². The SMILES string of the molecule is COC(=O)CN1CCN(c2nccn3c(C4CC4)nnc23)CC1. The fourth-order valence-electron chi connectivity index (χ4n) is 3.04. The maximum Gasteiger partial charge on any atom is 0.319 e. The summed E-state index contributed by atoms with van der Waals surface area (Å²) in [5.74, 6) is 2.29. The predicted molar refractivity (Wildman–Crippen MR) is 83.4 cm³/mol. The van der Waals surface area contributed by atoms with Crippen molar-refractivity contribution in [2.24, 2.45) is 0 Å². The van der Waals surface area contributed by atoms with Crippen molar-refractivity contribution in [3.63, 3.8) is 0 Å². The van der Waals surface area contributed by atoms with Crippen molar-refractivity contribution in [3.05, 3.63) is 18.2 Å². The van der Waals surface area contributed by atoms with E-state index >= 15 is 0 Å². The van der Waals surface area contributed by atoms with Gasteiger partial charge in [0.25, 0.3) is 0 Å². The standard InChI is InChI=1S/C15H20N6O2/c1-23-12(22)10-19-6-8-20(9-7-19)14-15-18-17-13(11-2-3-11)21(15)5-4-16-14/h4-5,11H,2-3,6-10H2,1H3. The van der Waals surface area contributed by atoms with Gasteiger partial charge >= 0.3 is 5.97 Å². The van der Waals surface area contributed by atoms with Gasteiger partial charge in [-0.3, -0.25) is 14.1 Å². The number of rotatable bonds is 4. The predicted octanol–water partition coefficient (Wildman–Crippen LogP) is 0.297. The van der Waals surface area contributed by atoms with Crippen LogP contribution in [0.5, 0.6) is 0 Å². The van der Waals surface area contributed by atoms with Crippen LogP contribution in [0.15, 0.2) is 12.4 Å². The number of piperazine rings is 1. The average Bonchev–Trinajstić information content (AvgIpc) is 3.34. The van der Waals surface area contributed by atoms with Gasteiger partial charge in [-0.15, -0.1) is 10.2 Å². The molecule has 0 atom stereocenters. The second-order valence-corrected chi connectivity index (χ2v) is 6.12. The number of hydrogen-bond acceptors (Lipinski definition) is 7. The molecule has 3 heterocycles. The lowest BCUT2D eigenvalue weighted by molar-refractivity contribution is -0.142. The van der Waals surface area contributed by atoms with E-state index in [1.165, 1.54) is 20.0 Å². The summed E-state index contributed by atoms with van der Waals surface area (Å²) in [5.41, 5.74) is 0.829. The quantitative estimate of drug-likeness (QED) is 0.751. The Bertz CT molecular complexity index is 718. The van der Waals surface area contributed by atoms with Gasteiger partial charge in [-0.2, -0.15) is 0 Å². The molecule has 2 aliphatic rings. The van der Waals surface area contributed by atoms with Crippen LogP contribution in [-0.2, 0) is 9.53 Å². The number of fused-ring (bicyclic) bond motifs is 1. The fourth-order valence-corrected chi connectivity index (χ4v) is 3.04. The van der Waals surface area contributed by atoms with Crippen molar-refractivity contribution in [3.8, 4) is 0 Å². The zero-order chi connectivity index (χ0) is 15.8. The number of hydrogen-bond donors (Lipinski definition) is 0. The van der Waals surface area contributed by atoms with Crippen molar-refractivity contribution in [2.45, 2.75) is 18.8 Å². The van der Waals surface area contributed by atoms with E-state index in [-0.39, 0.29) is 5.97 Å². The second kappa shape index (κ2) is 5.77. The first kappa shape index (κ1) is 14.4. The topological polar surface area (TPSA) is 75.9 Å². The first-order valence-electron chi connectivity index (χ1n) is 8.00. The zero-order valence-corrected chi connectivity index (χ0v) is 13.2. The molecule has 23 heavy (non-hydrogen) atoms. The van der Waals surface area contributed by atoms with Crippen LogP contribution in [0.2, 0.25) is 0 Å². The summed E-state index contributed by atoms with van der Waals surface area (Å²) in [5, 5.41) is 8.71. The summed E-state index contributed by atoms with van der Waals surface area (Å²) < 4.78 is 6.80. The zero-order valence-electron chi connectivity index (χ0n) is 13.2. The Hall–Kier alpha value is -2.22. The molecule has 8 nitrogen and oxygen atoms in total. The number of methoxy groups -OCH3 is 1. The van der Waals surface area contributed by atoms with Gasteiger partial charge in [0, 0.05) is 44.5 Å². The summed E-state index contributed by atoms with van der Waals surface area (Å²) >= 11 is 0. The minimum atomic E-state index is -0.190. The smallest absolute Gasteiger partial charge is 0.319 e. The maximum absolute atomic E-state index is 11.4. The summed E-state index contributed by atoms with van der Waals surface area (Å²) in [6.07, 6.45) is 6.16. The molecule has 0 amide bonds. The van der Waals surface area contributed by atoms with Crippen molar-refractivity contribution in [2.75, 3.05) is 44.7 Å². The Labute approximate surface area is 134 Å². The number of esters is 1. The van der Waals surface area contributed by atoms with Crippen LogP contribution in [0, 0.1) is 0 Å². The molecule has 1 saturated heterocycles. The Morgan fingerprint density at radius 3 is 2.74 bits per heavy atom. The van der Waals surface area contributed by atoms with E-state index in [9.17, 15) is 4.79 Å². The molecule has 0 spiro atoms. The molecule has 0 unspecified atom stereocenters. The maximum atomic E-state index is 11.4. The van der Waals surface area contributed by atoms with Gasteiger partial charge in [0.05, 0.1) is 13.7 Å².